The van der Waals surface area contributed by atoms with Crippen LogP contribution < -0.4 is 11.3 Å². The Morgan fingerprint density at radius 1 is 1.28 bits per heavy atom. The lowest BCUT2D eigenvalue weighted by atomic mass is 9.99. The summed E-state index contributed by atoms with van der Waals surface area (Å²) in [5, 5.41) is 1.16. The minimum atomic E-state index is 0.569. The maximum atomic E-state index is 5.66. The van der Waals surface area contributed by atoms with Crippen LogP contribution in [0.15, 0.2) is 24.3 Å². The Hall–Kier alpha value is -1.61. The van der Waals surface area contributed by atoms with Crippen molar-refractivity contribution >= 4 is 16.6 Å². The second kappa shape index (κ2) is 4.58. The van der Waals surface area contributed by atoms with Crippen LogP contribution in [0.4, 0.5) is 5.69 Å². The molecule has 94 valence electrons. The molecule has 0 atom stereocenters. The monoisotopic (exact) mass is 241 g/mol. The molecule has 1 aliphatic carbocycles. The number of para-hydroxylation sites is 1. The number of rotatable bonds is 2. The van der Waals surface area contributed by atoms with E-state index >= 15 is 0 Å². The second-order valence-corrected chi connectivity index (χ2v) is 5.19. The first-order chi connectivity index (χ1) is 8.79. The fourth-order valence-corrected chi connectivity index (χ4v) is 2.99. The molecule has 18 heavy (non-hydrogen) atoms. The van der Waals surface area contributed by atoms with Crippen LogP contribution in [0.5, 0.6) is 0 Å². The molecule has 0 spiro atoms. The first-order valence-electron chi connectivity index (χ1n) is 6.66. The highest BCUT2D eigenvalue weighted by atomic mass is 15.2. The number of hydrogen-bond acceptors (Lipinski definition) is 3. The van der Waals surface area contributed by atoms with Crippen LogP contribution in [0, 0.1) is 6.92 Å². The van der Waals surface area contributed by atoms with E-state index in [0.717, 1.165) is 22.3 Å². The number of pyridine rings is 1. The molecule has 3 heteroatoms. The van der Waals surface area contributed by atoms with E-state index in [1.54, 1.807) is 0 Å². The van der Waals surface area contributed by atoms with Crippen molar-refractivity contribution < 1.29 is 0 Å². The molecule has 0 bridgehead atoms. The number of aromatic nitrogens is 1. The van der Waals surface area contributed by atoms with Gasteiger partial charge in [-0.15, -0.1) is 0 Å². The van der Waals surface area contributed by atoms with Gasteiger partial charge < -0.3 is 5.43 Å². The molecule has 1 heterocycles. The van der Waals surface area contributed by atoms with Gasteiger partial charge in [0.15, 0.2) is 0 Å². The SMILES string of the molecule is Cc1cccc2cc(NN)c(C3CCCC3)nc12. The smallest absolute Gasteiger partial charge is 0.0736 e. The second-order valence-electron chi connectivity index (χ2n) is 5.19. The molecule has 1 aliphatic rings. The molecule has 1 aromatic carbocycles. The highest BCUT2D eigenvalue weighted by Gasteiger charge is 2.22. The van der Waals surface area contributed by atoms with Gasteiger partial charge in [-0.2, -0.15) is 0 Å². The minimum Gasteiger partial charge on any atom is -0.322 e. The Labute approximate surface area is 107 Å². The van der Waals surface area contributed by atoms with E-state index < -0.39 is 0 Å². The average Bonchev–Trinajstić information content (AvgIpc) is 2.91. The summed E-state index contributed by atoms with van der Waals surface area (Å²) >= 11 is 0. The maximum absolute atomic E-state index is 5.66. The van der Waals surface area contributed by atoms with Gasteiger partial charge in [0, 0.05) is 11.3 Å². The van der Waals surface area contributed by atoms with Crippen LogP contribution in [-0.4, -0.2) is 4.98 Å². The van der Waals surface area contributed by atoms with Crippen molar-refractivity contribution in [2.24, 2.45) is 5.84 Å². The van der Waals surface area contributed by atoms with Crippen molar-refractivity contribution in [3.63, 3.8) is 0 Å². The molecule has 0 unspecified atom stereocenters. The third-order valence-electron chi connectivity index (χ3n) is 3.97. The third kappa shape index (κ3) is 1.85. The average molecular weight is 241 g/mol. The van der Waals surface area contributed by atoms with Gasteiger partial charge >= 0.3 is 0 Å². The fourth-order valence-electron chi connectivity index (χ4n) is 2.99. The van der Waals surface area contributed by atoms with Crippen LogP contribution >= 0.6 is 0 Å². The molecule has 0 aliphatic heterocycles. The first-order valence-corrected chi connectivity index (χ1v) is 6.66. The molecule has 1 aromatic heterocycles. The summed E-state index contributed by atoms with van der Waals surface area (Å²) in [5.41, 5.74) is 7.30. The molecule has 2 aromatic rings. The number of hydrogen-bond donors (Lipinski definition) is 2. The van der Waals surface area contributed by atoms with Gasteiger partial charge in [-0.3, -0.25) is 10.8 Å². The fraction of sp³-hybridized carbons (Fsp3) is 0.400. The summed E-state index contributed by atoms with van der Waals surface area (Å²) in [6.07, 6.45) is 5.09. The van der Waals surface area contributed by atoms with Crippen LogP contribution in [0.3, 0.4) is 0 Å². The zero-order valence-corrected chi connectivity index (χ0v) is 10.7. The van der Waals surface area contributed by atoms with Crippen LogP contribution in [-0.2, 0) is 0 Å². The van der Waals surface area contributed by atoms with Crippen molar-refractivity contribution in [1.82, 2.24) is 4.98 Å². The van der Waals surface area contributed by atoms with Crippen molar-refractivity contribution in [2.45, 2.75) is 38.5 Å². The number of anilines is 1. The Morgan fingerprint density at radius 3 is 2.78 bits per heavy atom. The van der Waals surface area contributed by atoms with Gasteiger partial charge in [-0.25, -0.2) is 0 Å². The van der Waals surface area contributed by atoms with Crippen LogP contribution in [0.25, 0.3) is 10.9 Å². The highest BCUT2D eigenvalue weighted by molar-refractivity contribution is 5.85. The molecule has 0 radical (unpaired) electrons. The molecule has 3 nitrogen and oxygen atoms in total. The van der Waals surface area contributed by atoms with Crippen molar-refractivity contribution in [1.29, 1.82) is 0 Å². The number of fused-ring (bicyclic) bond motifs is 1. The summed E-state index contributed by atoms with van der Waals surface area (Å²) < 4.78 is 0. The standard InChI is InChI=1S/C15H19N3/c1-10-5-4-8-12-9-13(18-16)15(17-14(10)12)11-6-2-3-7-11/h4-5,8-9,11,18H,2-3,6-7,16H2,1H3. The number of nitrogens with zero attached hydrogens (tertiary/aromatic N) is 1. The lowest BCUT2D eigenvalue weighted by Crippen LogP contribution is -2.12. The van der Waals surface area contributed by atoms with E-state index in [4.69, 9.17) is 10.8 Å². The van der Waals surface area contributed by atoms with Crippen LogP contribution in [0.1, 0.15) is 42.9 Å². The van der Waals surface area contributed by atoms with Crippen molar-refractivity contribution in [3.05, 3.63) is 35.5 Å². The lowest BCUT2D eigenvalue weighted by molar-refractivity contribution is 0.702. The summed E-state index contributed by atoms with van der Waals surface area (Å²) in [5.74, 6) is 6.23. The van der Waals surface area contributed by atoms with Crippen LogP contribution in [0.2, 0.25) is 0 Å². The summed E-state index contributed by atoms with van der Waals surface area (Å²) in [4.78, 5) is 4.89. The number of nitrogens with one attached hydrogen (secondary N) is 1. The minimum absolute atomic E-state index is 0.569. The Kier molecular flexibility index (Phi) is 2.92. The molecule has 3 rings (SSSR count). The summed E-state index contributed by atoms with van der Waals surface area (Å²) in [7, 11) is 0. The number of hydrazine groups is 1. The van der Waals surface area contributed by atoms with Gasteiger partial charge in [0.2, 0.25) is 0 Å². The van der Waals surface area contributed by atoms with E-state index in [0.29, 0.717) is 5.92 Å². The molecule has 1 fully saturated rings. The van der Waals surface area contributed by atoms with E-state index in [2.05, 4.69) is 36.6 Å². The zero-order chi connectivity index (χ0) is 12.5. The normalized spacial score (nSPS) is 16.3. The molecule has 1 saturated carbocycles. The van der Waals surface area contributed by atoms with Gasteiger partial charge in [-0.1, -0.05) is 31.0 Å². The van der Waals surface area contributed by atoms with E-state index in [9.17, 15) is 0 Å². The lowest BCUT2D eigenvalue weighted by Gasteiger charge is -2.15. The number of nitrogen functional groups attached to an aromatic ring is 1. The largest absolute Gasteiger partial charge is 0.322 e. The van der Waals surface area contributed by atoms with Gasteiger partial charge in [0.05, 0.1) is 16.9 Å². The quantitative estimate of drug-likeness (QED) is 0.625. The van der Waals surface area contributed by atoms with E-state index in [-0.39, 0.29) is 0 Å². The number of aryl methyl sites for hydroxylation is 1. The Morgan fingerprint density at radius 2 is 2.06 bits per heavy atom. The van der Waals surface area contributed by atoms with Gasteiger partial charge in [0.1, 0.15) is 0 Å². The topological polar surface area (TPSA) is 50.9 Å². The van der Waals surface area contributed by atoms with E-state index in [1.807, 2.05) is 0 Å². The molecule has 3 N–H and O–H groups in total. The summed E-state index contributed by atoms with van der Waals surface area (Å²) in [6.45, 7) is 2.11. The number of nitrogens with two attached hydrogens (primary N) is 1. The molecular weight excluding hydrogens is 222 g/mol. The van der Waals surface area contributed by atoms with Crippen molar-refractivity contribution in [3.8, 4) is 0 Å². The zero-order valence-electron chi connectivity index (χ0n) is 10.7. The molecule has 0 saturated heterocycles. The Balaban J connectivity index is 2.19. The van der Waals surface area contributed by atoms with Crippen molar-refractivity contribution in [2.75, 3.05) is 5.43 Å². The van der Waals surface area contributed by atoms with Gasteiger partial charge in [0.25, 0.3) is 0 Å². The first kappa shape index (κ1) is 11.5. The summed E-state index contributed by atoms with van der Waals surface area (Å²) in [6, 6.07) is 8.40. The predicted molar refractivity (Wildman–Crippen MR) is 75.5 cm³/mol. The Bertz CT molecular complexity index is 571. The third-order valence-corrected chi connectivity index (χ3v) is 3.97. The number of benzene rings is 1. The molecular formula is C15H19N3. The molecule has 0 amide bonds. The maximum Gasteiger partial charge on any atom is 0.0736 e. The predicted octanol–water partition coefficient (Wildman–Crippen LogP) is 3.49. The van der Waals surface area contributed by atoms with Gasteiger partial charge in [-0.05, 0) is 31.4 Å². The highest BCUT2D eigenvalue weighted by Crippen LogP contribution is 2.37. The van der Waals surface area contributed by atoms with E-state index in [1.165, 1.54) is 31.2 Å².